The highest BCUT2D eigenvalue weighted by Gasteiger charge is 2.11. The molecule has 4 heteroatoms. The Labute approximate surface area is 120 Å². The fourth-order valence-electron chi connectivity index (χ4n) is 1.73. The summed E-state index contributed by atoms with van der Waals surface area (Å²) in [5.41, 5.74) is 8.24. The van der Waals surface area contributed by atoms with Gasteiger partial charge in [-0.3, -0.25) is 0 Å². The molecule has 18 heavy (non-hydrogen) atoms. The summed E-state index contributed by atoms with van der Waals surface area (Å²) >= 11 is 9.40. The first kappa shape index (κ1) is 13.4. The van der Waals surface area contributed by atoms with Crippen LogP contribution >= 0.6 is 27.5 Å². The second-order valence-corrected chi connectivity index (χ2v) is 5.25. The van der Waals surface area contributed by atoms with Crippen molar-refractivity contribution < 1.29 is 4.74 Å². The lowest BCUT2D eigenvalue weighted by Gasteiger charge is -2.14. The predicted octanol–water partition coefficient (Wildman–Crippen LogP) is 4.16. The Morgan fingerprint density at radius 1 is 1.11 bits per heavy atom. The average molecular weight is 327 g/mol. The van der Waals surface area contributed by atoms with E-state index in [2.05, 4.69) is 15.9 Å². The maximum Gasteiger partial charge on any atom is 0.137 e. The molecular formula is C14H13BrClNO. The van der Waals surface area contributed by atoms with E-state index in [-0.39, 0.29) is 6.04 Å². The SMILES string of the molecule is COc1cc(C(N)c2ccc(Br)cc2)ccc1Cl. The van der Waals surface area contributed by atoms with Crippen LogP contribution in [0.3, 0.4) is 0 Å². The quantitative estimate of drug-likeness (QED) is 0.919. The minimum atomic E-state index is -0.190. The molecule has 0 spiro atoms. The van der Waals surface area contributed by atoms with E-state index in [0.717, 1.165) is 15.6 Å². The lowest BCUT2D eigenvalue weighted by molar-refractivity contribution is 0.414. The molecule has 0 radical (unpaired) electrons. The van der Waals surface area contributed by atoms with Crippen LogP contribution in [0.5, 0.6) is 5.75 Å². The standard InChI is InChI=1S/C14H13BrClNO/c1-18-13-8-10(4-7-12(13)16)14(17)9-2-5-11(15)6-3-9/h2-8,14H,17H2,1H3. The summed E-state index contributed by atoms with van der Waals surface area (Å²) in [4.78, 5) is 0. The zero-order valence-electron chi connectivity index (χ0n) is 9.86. The summed E-state index contributed by atoms with van der Waals surface area (Å²) < 4.78 is 6.23. The van der Waals surface area contributed by atoms with Gasteiger partial charge in [0.1, 0.15) is 5.75 Å². The third-order valence-electron chi connectivity index (χ3n) is 2.76. The minimum Gasteiger partial charge on any atom is -0.495 e. The third kappa shape index (κ3) is 2.86. The summed E-state index contributed by atoms with van der Waals surface area (Å²) in [6, 6.07) is 13.3. The van der Waals surface area contributed by atoms with E-state index in [9.17, 15) is 0 Å². The average Bonchev–Trinajstić information content (AvgIpc) is 2.39. The molecule has 1 unspecified atom stereocenters. The van der Waals surface area contributed by atoms with Gasteiger partial charge in [0.15, 0.2) is 0 Å². The van der Waals surface area contributed by atoms with Crippen molar-refractivity contribution in [3.05, 3.63) is 63.1 Å². The Balaban J connectivity index is 2.33. The molecule has 0 saturated carbocycles. The molecule has 0 aliphatic rings. The lowest BCUT2D eigenvalue weighted by Crippen LogP contribution is -2.11. The van der Waals surface area contributed by atoms with Gasteiger partial charge in [-0.2, -0.15) is 0 Å². The Morgan fingerprint density at radius 2 is 1.72 bits per heavy atom. The Hall–Kier alpha value is -1.03. The van der Waals surface area contributed by atoms with Gasteiger partial charge in [-0.15, -0.1) is 0 Å². The highest BCUT2D eigenvalue weighted by atomic mass is 79.9. The van der Waals surface area contributed by atoms with Gasteiger partial charge in [0.25, 0.3) is 0 Å². The summed E-state index contributed by atoms with van der Waals surface area (Å²) in [5, 5.41) is 0.587. The molecule has 0 amide bonds. The van der Waals surface area contributed by atoms with Crippen LogP contribution in [0.15, 0.2) is 46.9 Å². The van der Waals surface area contributed by atoms with Gasteiger partial charge in [0.2, 0.25) is 0 Å². The Morgan fingerprint density at radius 3 is 2.33 bits per heavy atom. The zero-order valence-corrected chi connectivity index (χ0v) is 12.2. The summed E-state index contributed by atoms with van der Waals surface area (Å²) in [6.45, 7) is 0. The lowest BCUT2D eigenvalue weighted by atomic mass is 9.99. The first-order valence-electron chi connectivity index (χ1n) is 5.46. The highest BCUT2D eigenvalue weighted by molar-refractivity contribution is 9.10. The van der Waals surface area contributed by atoms with Gasteiger partial charge in [0.05, 0.1) is 18.2 Å². The fourth-order valence-corrected chi connectivity index (χ4v) is 2.19. The second-order valence-electron chi connectivity index (χ2n) is 3.92. The van der Waals surface area contributed by atoms with Gasteiger partial charge in [-0.1, -0.05) is 45.7 Å². The van der Waals surface area contributed by atoms with Crippen molar-refractivity contribution >= 4 is 27.5 Å². The second kappa shape index (κ2) is 5.74. The van der Waals surface area contributed by atoms with Crippen LogP contribution in [0, 0.1) is 0 Å². The molecule has 0 aromatic heterocycles. The van der Waals surface area contributed by atoms with Crippen molar-refractivity contribution in [2.45, 2.75) is 6.04 Å². The zero-order chi connectivity index (χ0) is 13.1. The number of halogens is 2. The topological polar surface area (TPSA) is 35.2 Å². The van der Waals surface area contributed by atoms with Crippen molar-refractivity contribution in [3.8, 4) is 5.75 Å². The summed E-state index contributed by atoms with van der Waals surface area (Å²) in [6.07, 6.45) is 0. The molecule has 0 bridgehead atoms. The first-order chi connectivity index (χ1) is 8.61. The molecular weight excluding hydrogens is 314 g/mol. The molecule has 2 aromatic carbocycles. The summed E-state index contributed by atoms with van der Waals surface area (Å²) in [5.74, 6) is 0.640. The van der Waals surface area contributed by atoms with Crippen molar-refractivity contribution in [2.24, 2.45) is 5.73 Å². The van der Waals surface area contributed by atoms with Crippen LogP contribution in [0.4, 0.5) is 0 Å². The van der Waals surface area contributed by atoms with E-state index >= 15 is 0 Å². The smallest absolute Gasteiger partial charge is 0.137 e. The molecule has 2 nitrogen and oxygen atoms in total. The van der Waals surface area contributed by atoms with Gasteiger partial charge in [0, 0.05) is 4.47 Å². The molecule has 0 fully saturated rings. The van der Waals surface area contributed by atoms with Crippen LogP contribution in [0.2, 0.25) is 5.02 Å². The molecule has 0 saturated heterocycles. The van der Waals surface area contributed by atoms with Gasteiger partial charge in [-0.05, 0) is 35.4 Å². The molecule has 2 rings (SSSR count). The van der Waals surface area contributed by atoms with Crippen molar-refractivity contribution in [1.29, 1.82) is 0 Å². The molecule has 0 aliphatic carbocycles. The normalized spacial score (nSPS) is 12.2. The molecule has 1 atom stereocenters. The number of hydrogen-bond acceptors (Lipinski definition) is 2. The van der Waals surface area contributed by atoms with E-state index in [0.29, 0.717) is 10.8 Å². The van der Waals surface area contributed by atoms with Crippen LogP contribution in [0.25, 0.3) is 0 Å². The van der Waals surface area contributed by atoms with Crippen LogP contribution in [-0.4, -0.2) is 7.11 Å². The van der Waals surface area contributed by atoms with E-state index < -0.39 is 0 Å². The molecule has 0 aliphatic heterocycles. The van der Waals surface area contributed by atoms with Crippen LogP contribution < -0.4 is 10.5 Å². The molecule has 0 heterocycles. The van der Waals surface area contributed by atoms with Crippen molar-refractivity contribution in [1.82, 2.24) is 0 Å². The molecule has 2 aromatic rings. The number of nitrogens with two attached hydrogens (primary N) is 1. The van der Waals surface area contributed by atoms with Crippen molar-refractivity contribution in [2.75, 3.05) is 7.11 Å². The van der Waals surface area contributed by atoms with Crippen LogP contribution in [0.1, 0.15) is 17.2 Å². The van der Waals surface area contributed by atoms with E-state index in [1.54, 1.807) is 13.2 Å². The minimum absolute atomic E-state index is 0.190. The van der Waals surface area contributed by atoms with Crippen molar-refractivity contribution in [3.63, 3.8) is 0 Å². The molecule has 2 N–H and O–H groups in total. The van der Waals surface area contributed by atoms with Gasteiger partial charge >= 0.3 is 0 Å². The van der Waals surface area contributed by atoms with E-state index in [4.69, 9.17) is 22.1 Å². The predicted molar refractivity (Wildman–Crippen MR) is 78.2 cm³/mol. The highest BCUT2D eigenvalue weighted by Crippen LogP contribution is 2.29. The molecule has 94 valence electrons. The van der Waals surface area contributed by atoms with Gasteiger partial charge in [-0.25, -0.2) is 0 Å². The maximum absolute atomic E-state index is 6.23. The largest absolute Gasteiger partial charge is 0.495 e. The number of methoxy groups -OCH3 is 1. The van der Waals surface area contributed by atoms with E-state index in [1.165, 1.54) is 0 Å². The third-order valence-corrected chi connectivity index (χ3v) is 3.60. The number of benzene rings is 2. The Bertz CT molecular complexity index is 542. The maximum atomic E-state index is 6.23. The first-order valence-corrected chi connectivity index (χ1v) is 6.63. The number of hydrogen-bond donors (Lipinski definition) is 1. The monoisotopic (exact) mass is 325 g/mol. The van der Waals surface area contributed by atoms with Gasteiger partial charge < -0.3 is 10.5 Å². The number of rotatable bonds is 3. The summed E-state index contributed by atoms with van der Waals surface area (Å²) in [7, 11) is 1.59. The number of ether oxygens (including phenoxy) is 1. The fraction of sp³-hybridized carbons (Fsp3) is 0.143. The van der Waals surface area contributed by atoms with E-state index in [1.807, 2.05) is 36.4 Å². The van der Waals surface area contributed by atoms with Crippen LogP contribution in [-0.2, 0) is 0 Å². The Kier molecular flexibility index (Phi) is 4.27.